The Morgan fingerprint density at radius 1 is 1.36 bits per heavy atom. The Morgan fingerprint density at radius 2 is 2.09 bits per heavy atom. The third-order valence-corrected chi connectivity index (χ3v) is 1.54. The van der Waals surface area contributed by atoms with Crippen LogP contribution in [0.3, 0.4) is 0 Å². The highest BCUT2D eigenvalue weighted by molar-refractivity contribution is 6.30. The summed E-state index contributed by atoms with van der Waals surface area (Å²) in [5, 5.41) is 8.90. The van der Waals surface area contributed by atoms with Gasteiger partial charge in [0.1, 0.15) is 5.82 Å². The summed E-state index contributed by atoms with van der Waals surface area (Å²) in [6.45, 7) is 0.0137. The van der Waals surface area contributed by atoms with Crippen LogP contribution in [0.25, 0.3) is 0 Å². The van der Waals surface area contributed by atoms with Crippen molar-refractivity contribution in [3.8, 4) is 0 Å². The molecule has 0 bridgehead atoms. The van der Waals surface area contributed by atoms with Gasteiger partial charge >= 0.3 is 0 Å². The zero-order chi connectivity index (χ0) is 8.27. The zero-order valence-corrected chi connectivity index (χ0v) is 6.61. The highest BCUT2D eigenvalue weighted by atomic mass is 35.5. The van der Waals surface area contributed by atoms with E-state index in [0.717, 1.165) is 5.56 Å². The molecule has 0 fully saturated rings. The molecule has 1 aromatic rings. The van der Waals surface area contributed by atoms with Crippen molar-refractivity contribution in [2.75, 3.05) is 6.61 Å². The summed E-state index contributed by atoms with van der Waals surface area (Å²) in [6.07, 6.45) is 0.442. The van der Waals surface area contributed by atoms with Gasteiger partial charge in [0.25, 0.3) is 0 Å². The van der Waals surface area contributed by atoms with E-state index in [-0.39, 0.29) is 12.4 Å². The second-order valence-electron chi connectivity index (χ2n) is 2.25. The van der Waals surface area contributed by atoms with E-state index < -0.39 is 0 Å². The van der Waals surface area contributed by atoms with Gasteiger partial charge in [-0.3, -0.25) is 0 Å². The molecule has 0 spiro atoms. The minimum atomic E-state index is -0.360. The number of benzene rings is 1. The summed E-state index contributed by atoms with van der Waals surface area (Å²) >= 11 is 5.56. The summed E-state index contributed by atoms with van der Waals surface area (Å²) in [5.41, 5.74) is 0.720. The second kappa shape index (κ2) is 3.69. The number of hydrogen-bond acceptors (Lipinski definition) is 1. The van der Waals surface area contributed by atoms with Crippen LogP contribution in [0.4, 0.5) is 4.39 Å². The van der Waals surface area contributed by atoms with Crippen molar-refractivity contribution < 1.29 is 9.50 Å². The molecule has 60 valence electrons. The molecule has 1 nitrogen and oxygen atoms in total. The van der Waals surface area contributed by atoms with Crippen molar-refractivity contribution in [2.45, 2.75) is 6.42 Å². The molecular formula is C8H8ClFO. The molecule has 0 aliphatic carbocycles. The SMILES string of the molecule is OCCc1cc(F)cc(Cl)c1. The first-order valence-corrected chi connectivity index (χ1v) is 3.66. The molecule has 1 aromatic carbocycles. The standard InChI is InChI=1S/C8H8ClFO/c9-7-3-6(1-2-11)4-8(10)5-7/h3-5,11H,1-2H2. The van der Waals surface area contributed by atoms with Crippen LogP contribution in [-0.2, 0) is 6.42 Å². The molecule has 0 atom stereocenters. The van der Waals surface area contributed by atoms with Gasteiger partial charge in [0.2, 0.25) is 0 Å². The summed E-state index contributed by atoms with van der Waals surface area (Å²) in [5.74, 6) is -0.360. The summed E-state index contributed by atoms with van der Waals surface area (Å²) in [4.78, 5) is 0. The predicted octanol–water partition coefficient (Wildman–Crippen LogP) is 2.01. The number of rotatable bonds is 2. The van der Waals surface area contributed by atoms with Crippen LogP contribution < -0.4 is 0 Å². The van der Waals surface area contributed by atoms with Crippen molar-refractivity contribution in [3.05, 3.63) is 34.6 Å². The van der Waals surface area contributed by atoms with Gasteiger partial charge in [0.15, 0.2) is 0 Å². The predicted molar refractivity (Wildman–Crippen MR) is 42.2 cm³/mol. The lowest BCUT2D eigenvalue weighted by atomic mass is 10.1. The van der Waals surface area contributed by atoms with E-state index in [1.54, 1.807) is 6.07 Å². The van der Waals surface area contributed by atoms with Gasteiger partial charge in [0.05, 0.1) is 0 Å². The maximum atomic E-state index is 12.6. The summed E-state index contributed by atoms with van der Waals surface area (Å²) < 4.78 is 12.6. The van der Waals surface area contributed by atoms with Crippen LogP contribution in [0.1, 0.15) is 5.56 Å². The Hall–Kier alpha value is -0.600. The quantitative estimate of drug-likeness (QED) is 0.728. The lowest BCUT2D eigenvalue weighted by Gasteiger charge is -1.98. The molecule has 0 aliphatic heterocycles. The highest BCUT2D eigenvalue weighted by Gasteiger charge is 1.97. The molecule has 0 saturated carbocycles. The normalized spacial score (nSPS) is 10.1. The molecule has 0 heterocycles. The Labute approximate surface area is 69.4 Å². The minimum absolute atomic E-state index is 0.0137. The van der Waals surface area contributed by atoms with E-state index in [4.69, 9.17) is 16.7 Å². The van der Waals surface area contributed by atoms with Crippen LogP contribution in [0.5, 0.6) is 0 Å². The molecule has 0 aliphatic rings. The van der Waals surface area contributed by atoms with Crippen molar-refractivity contribution in [1.29, 1.82) is 0 Å². The average Bonchev–Trinajstić information content (AvgIpc) is 1.85. The van der Waals surface area contributed by atoms with Crippen LogP contribution >= 0.6 is 11.6 Å². The topological polar surface area (TPSA) is 20.2 Å². The van der Waals surface area contributed by atoms with Gasteiger partial charge in [-0.05, 0) is 30.2 Å². The number of aliphatic hydroxyl groups excluding tert-OH is 1. The van der Waals surface area contributed by atoms with Gasteiger partial charge in [-0.15, -0.1) is 0 Å². The van der Waals surface area contributed by atoms with E-state index in [0.29, 0.717) is 11.4 Å². The summed E-state index contributed by atoms with van der Waals surface area (Å²) in [6, 6.07) is 4.24. The molecule has 0 amide bonds. The molecule has 1 rings (SSSR count). The van der Waals surface area contributed by atoms with Crippen LogP contribution in [0, 0.1) is 5.82 Å². The fourth-order valence-corrected chi connectivity index (χ4v) is 1.13. The van der Waals surface area contributed by atoms with Crippen molar-refractivity contribution >= 4 is 11.6 Å². The van der Waals surface area contributed by atoms with E-state index in [9.17, 15) is 4.39 Å². The van der Waals surface area contributed by atoms with Gasteiger partial charge < -0.3 is 5.11 Å². The molecular weight excluding hydrogens is 167 g/mol. The molecule has 3 heteroatoms. The largest absolute Gasteiger partial charge is 0.396 e. The first-order chi connectivity index (χ1) is 5.22. The first kappa shape index (κ1) is 8.50. The van der Waals surface area contributed by atoms with E-state index in [2.05, 4.69) is 0 Å². The monoisotopic (exact) mass is 174 g/mol. The Kier molecular flexibility index (Phi) is 2.85. The lowest BCUT2D eigenvalue weighted by molar-refractivity contribution is 0.299. The van der Waals surface area contributed by atoms with Crippen LogP contribution in [0.15, 0.2) is 18.2 Å². The fourth-order valence-electron chi connectivity index (χ4n) is 0.884. The highest BCUT2D eigenvalue weighted by Crippen LogP contribution is 2.13. The third kappa shape index (κ3) is 2.48. The Morgan fingerprint density at radius 3 is 2.64 bits per heavy atom. The molecule has 0 unspecified atom stereocenters. The number of aliphatic hydroxyl groups is 1. The van der Waals surface area contributed by atoms with Gasteiger partial charge in [-0.2, -0.15) is 0 Å². The molecule has 0 radical (unpaired) electrons. The Bertz CT molecular complexity index is 230. The van der Waals surface area contributed by atoms with Crippen molar-refractivity contribution in [1.82, 2.24) is 0 Å². The minimum Gasteiger partial charge on any atom is -0.396 e. The fraction of sp³-hybridized carbons (Fsp3) is 0.250. The molecule has 11 heavy (non-hydrogen) atoms. The van der Waals surface area contributed by atoms with E-state index >= 15 is 0 Å². The molecule has 1 N–H and O–H groups in total. The van der Waals surface area contributed by atoms with Crippen molar-refractivity contribution in [3.63, 3.8) is 0 Å². The Balaban J connectivity index is 2.89. The molecule has 0 aromatic heterocycles. The maximum Gasteiger partial charge on any atom is 0.124 e. The zero-order valence-electron chi connectivity index (χ0n) is 5.85. The molecule has 0 saturated heterocycles. The van der Waals surface area contributed by atoms with Gasteiger partial charge in [-0.1, -0.05) is 11.6 Å². The third-order valence-electron chi connectivity index (χ3n) is 1.32. The smallest absolute Gasteiger partial charge is 0.124 e. The lowest BCUT2D eigenvalue weighted by Crippen LogP contribution is -1.91. The van der Waals surface area contributed by atoms with E-state index in [1.807, 2.05) is 0 Å². The van der Waals surface area contributed by atoms with Crippen LogP contribution in [-0.4, -0.2) is 11.7 Å². The van der Waals surface area contributed by atoms with Crippen LogP contribution in [0.2, 0.25) is 5.02 Å². The number of hydrogen-bond donors (Lipinski definition) is 1. The van der Waals surface area contributed by atoms with Crippen molar-refractivity contribution in [2.24, 2.45) is 0 Å². The van der Waals surface area contributed by atoms with E-state index in [1.165, 1.54) is 12.1 Å². The average molecular weight is 175 g/mol. The number of halogens is 2. The van der Waals surface area contributed by atoms with Gasteiger partial charge in [-0.25, -0.2) is 4.39 Å². The van der Waals surface area contributed by atoms with Gasteiger partial charge in [0, 0.05) is 11.6 Å². The summed E-state index contributed by atoms with van der Waals surface area (Å²) in [7, 11) is 0. The first-order valence-electron chi connectivity index (χ1n) is 3.28. The second-order valence-corrected chi connectivity index (χ2v) is 2.69. The maximum absolute atomic E-state index is 12.6.